The van der Waals surface area contributed by atoms with E-state index in [2.05, 4.69) is 39.2 Å². The molecule has 1 aromatic heterocycles. The number of carbonyl (C=O) groups excluding carboxylic acids is 1. The first-order valence-electron chi connectivity index (χ1n) is 8.80. The van der Waals surface area contributed by atoms with Crippen LogP contribution in [0.25, 0.3) is 0 Å². The van der Waals surface area contributed by atoms with Crippen molar-refractivity contribution < 1.29 is 14.3 Å². The molecule has 2 aliphatic heterocycles. The number of aromatic nitrogens is 3. The van der Waals surface area contributed by atoms with Crippen molar-refractivity contribution in [3.8, 4) is 6.01 Å². The van der Waals surface area contributed by atoms with E-state index in [0.29, 0.717) is 32.3 Å². The van der Waals surface area contributed by atoms with Crippen molar-refractivity contribution in [2.45, 2.75) is 12.1 Å². The number of aryl methyl sites for hydroxylation is 1. The Morgan fingerprint density at radius 3 is 2.77 bits per heavy atom. The monoisotopic (exact) mass is 357 g/mol. The summed E-state index contributed by atoms with van der Waals surface area (Å²) >= 11 is 0. The van der Waals surface area contributed by atoms with E-state index in [9.17, 15) is 4.79 Å². The number of benzene rings is 1. The second-order valence-corrected chi connectivity index (χ2v) is 6.65. The minimum absolute atomic E-state index is 0.162. The Morgan fingerprint density at radius 2 is 2.04 bits per heavy atom. The van der Waals surface area contributed by atoms with Gasteiger partial charge in [0.1, 0.15) is 0 Å². The molecule has 0 saturated carbocycles. The predicted octanol–water partition coefficient (Wildman–Crippen LogP) is 0.722. The number of ether oxygens (including phenoxy) is 2. The highest BCUT2D eigenvalue weighted by molar-refractivity contribution is 5.90. The lowest BCUT2D eigenvalue weighted by atomic mass is 10.00. The van der Waals surface area contributed by atoms with Crippen LogP contribution in [0.1, 0.15) is 22.2 Å². The number of amides is 1. The first kappa shape index (κ1) is 17.0. The van der Waals surface area contributed by atoms with Crippen LogP contribution in [0.2, 0.25) is 0 Å². The molecule has 0 radical (unpaired) electrons. The van der Waals surface area contributed by atoms with Gasteiger partial charge in [-0.25, -0.2) is 4.68 Å². The molecule has 4 rings (SSSR count). The van der Waals surface area contributed by atoms with Crippen molar-refractivity contribution in [1.82, 2.24) is 24.6 Å². The molecule has 2 atom stereocenters. The average Bonchev–Trinajstić information content (AvgIpc) is 3.08. The fourth-order valence-corrected chi connectivity index (χ4v) is 3.77. The van der Waals surface area contributed by atoms with Crippen LogP contribution >= 0.6 is 0 Å². The van der Waals surface area contributed by atoms with E-state index < -0.39 is 0 Å². The molecule has 2 saturated heterocycles. The van der Waals surface area contributed by atoms with Gasteiger partial charge in [0.05, 0.1) is 32.4 Å². The first-order valence-corrected chi connectivity index (χ1v) is 8.80. The predicted molar refractivity (Wildman–Crippen MR) is 94.0 cm³/mol. The van der Waals surface area contributed by atoms with E-state index in [1.54, 1.807) is 7.05 Å². The molecule has 138 valence electrons. The van der Waals surface area contributed by atoms with Crippen LogP contribution < -0.4 is 4.74 Å². The molecule has 0 N–H and O–H groups in total. The summed E-state index contributed by atoms with van der Waals surface area (Å²) in [5.74, 6) is 0.0134. The van der Waals surface area contributed by atoms with Crippen LogP contribution in [-0.4, -0.2) is 76.5 Å². The van der Waals surface area contributed by atoms with Gasteiger partial charge in [-0.3, -0.25) is 9.69 Å². The second kappa shape index (κ2) is 7.05. The molecule has 2 aromatic rings. The average molecular weight is 357 g/mol. The van der Waals surface area contributed by atoms with E-state index in [1.165, 1.54) is 17.4 Å². The number of morpholine rings is 1. The SMILES string of the molecule is COc1nc(C(=O)N2CCN3[C@@H](COC[C@@H]3c3ccccc3)C2)nn1C. The standard InChI is InChI=1S/C18H23N5O3/c1-21-18(25-2)19-16(20-21)17(24)22-8-9-23-14(10-22)11-26-12-15(23)13-6-4-3-5-7-13/h3-7,14-15H,8-12H2,1-2H3/t14-,15-/m1/s1. The highest BCUT2D eigenvalue weighted by Crippen LogP contribution is 2.29. The number of rotatable bonds is 3. The summed E-state index contributed by atoms with van der Waals surface area (Å²) < 4.78 is 12.4. The Bertz CT molecular complexity index is 778. The Labute approximate surface area is 152 Å². The van der Waals surface area contributed by atoms with Crippen LogP contribution in [0.15, 0.2) is 30.3 Å². The molecule has 0 unspecified atom stereocenters. The number of fused-ring (bicyclic) bond motifs is 1. The van der Waals surface area contributed by atoms with Gasteiger partial charge in [0.15, 0.2) is 0 Å². The van der Waals surface area contributed by atoms with Crippen molar-refractivity contribution in [1.29, 1.82) is 0 Å². The van der Waals surface area contributed by atoms with Gasteiger partial charge in [0, 0.05) is 26.7 Å². The smallest absolute Gasteiger partial charge is 0.314 e. The zero-order valence-corrected chi connectivity index (χ0v) is 15.0. The molecule has 3 heterocycles. The third-order valence-electron chi connectivity index (χ3n) is 5.08. The van der Waals surface area contributed by atoms with Crippen LogP contribution in [0.4, 0.5) is 0 Å². The zero-order chi connectivity index (χ0) is 18.1. The van der Waals surface area contributed by atoms with Gasteiger partial charge < -0.3 is 14.4 Å². The Kier molecular flexibility index (Phi) is 4.60. The molecule has 2 aliphatic rings. The zero-order valence-electron chi connectivity index (χ0n) is 15.0. The van der Waals surface area contributed by atoms with Crippen molar-refractivity contribution >= 4 is 5.91 Å². The highest BCUT2D eigenvalue weighted by atomic mass is 16.5. The maximum Gasteiger partial charge on any atom is 0.314 e. The fourth-order valence-electron chi connectivity index (χ4n) is 3.77. The van der Waals surface area contributed by atoms with E-state index in [0.717, 1.165) is 6.54 Å². The largest absolute Gasteiger partial charge is 0.467 e. The van der Waals surface area contributed by atoms with E-state index in [4.69, 9.17) is 9.47 Å². The van der Waals surface area contributed by atoms with Gasteiger partial charge in [-0.2, -0.15) is 4.98 Å². The first-order chi connectivity index (χ1) is 12.7. The molecule has 1 aromatic carbocycles. The molecule has 0 spiro atoms. The molecule has 8 nitrogen and oxygen atoms in total. The maximum atomic E-state index is 12.8. The number of hydrogen-bond donors (Lipinski definition) is 0. The molecule has 1 amide bonds. The Morgan fingerprint density at radius 1 is 1.23 bits per heavy atom. The molecule has 8 heteroatoms. The Balaban J connectivity index is 1.48. The number of methoxy groups -OCH3 is 1. The van der Waals surface area contributed by atoms with E-state index in [1.807, 2.05) is 11.0 Å². The van der Waals surface area contributed by atoms with Crippen LogP contribution in [-0.2, 0) is 11.8 Å². The van der Waals surface area contributed by atoms with Gasteiger partial charge in [-0.05, 0) is 5.56 Å². The number of hydrogen-bond acceptors (Lipinski definition) is 6. The second-order valence-electron chi connectivity index (χ2n) is 6.65. The van der Waals surface area contributed by atoms with Crippen molar-refractivity contribution in [3.63, 3.8) is 0 Å². The fraction of sp³-hybridized carbons (Fsp3) is 0.500. The van der Waals surface area contributed by atoms with Gasteiger partial charge in [0.2, 0.25) is 5.82 Å². The molecular formula is C18H23N5O3. The quantitative estimate of drug-likeness (QED) is 0.806. The Hall–Kier alpha value is -2.45. The number of carbonyl (C=O) groups is 1. The summed E-state index contributed by atoms with van der Waals surface area (Å²) in [5.41, 5.74) is 1.26. The lowest BCUT2D eigenvalue weighted by Crippen LogP contribution is -2.60. The highest BCUT2D eigenvalue weighted by Gasteiger charge is 2.38. The third-order valence-corrected chi connectivity index (χ3v) is 5.08. The summed E-state index contributed by atoms with van der Waals surface area (Å²) in [5, 5.41) is 4.17. The van der Waals surface area contributed by atoms with Gasteiger partial charge >= 0.3 is 6.01 Å². The molecule has 0 bridgehead atoms. The summed E-state index contributed by atoms with van der Waals surface area (Å²) in [6.07, 6.45) is 0. The van der Waals surface area contributed by atoms with Gasteiger partial charge in [0.25, 0.3) is 5.91 Å². The normalized spacial score (nSPS) is 23.5. The lowest BCUT2D eigenvalue weighted by molar-refractivity contribution is -0.0771. The summed E-state index contributed by atoms with van der Waals surface area (Å²) in [6.45, 7) is 3.39. The third kappa shape index (κ3) is 3.06. The van der Waals surface area contributed by atoms with E-state index in [-0.39, 0.29) is 23.8 Å². The summed E-state index contributed by atoms with van der Waals surface area (Å²) in [7, 11) is 3.22. The van der Waals surface area contributed by atoms with Crippen molar-refractivity contribution in [2.24, 2.45) is 7.05 Å². The topological polar surface area (TPSA) is 72.7 Å². The summed E-state index contributed by atoms with van der Waals surface area (Å²) in [6, 6.07) is 11.2. The van der Waals surface area contributed by atoms with Crippen molar-refractivity contribution in [3.05, 3.63) is 41.7 Å². The lowest BCUT2D eigenvalue weighted by Gasteiger charge is -2.47. The van der Waals surface area contributed by atoms with Crippen molar-refractivity contribution in [2.75, 3.05) is 40.0 Å². The molecular weight excluding hydrogens is 334 g/mol. The molecule has 26 heavy (non-hydrogen) atoms. The van der Waals surface area contributed by atoms with Crippen LogP contribution in [0.3, 0.4) is 0 Å². The minimum atomic E-state index is -0.162. The van der Waals surface area contributed by atoms with Crippen LogP contribution in [0.5, 0.6) is 6.01 Å². The maximum absolute atomic E-state index is 12.8. The summed E-state index contributed by atoms with van der Waals surface area (Å²) in [4.78, 5) is 21.2. The number of nitrogens with zero attached hydrogens (tertiary/aromatic N) is 5. The molecule has 0 aliphatic carbocycles. The van der Waals surface area contributed by atoms with Gasteiger partial charge in [-0.15, -0.1) is 5.10 Å². The van der Waals surface area contributed by atoms with E-state index >= 15 is 0 Å². The molecule has 2 fully saturated rings. The van der Waals surface area contributed by atoms with Crippen LogP contribution in [0, 0.1) is 0 Å². The minimum Gasteiger partial charge on any atom is -0.467 e. The van der Waals surface area contributed by atoms with Gasteiger partial charge in [-0.1, -0.05) is 30.3 Å². The number of piperazine rings is 1.